The summed E-state index contributed by atoms with van der Waals surface area (Å²) < 4.78 is 41.3. The highest BCUT2D eigenvalue weighted by atomic mass is 31.2. The average Bonchev–Trinajstić information content (AvgIpc) is 3.32. The Kier molecular flexibility index (Phi) is 20.4. The van der Waals surface area contributed by atoms with Crippen LogP contribution >= 0.6 is 7.82 Å². The lowest BCUT2D eigenvalue weighted by atomic mass is 9.92. The molecule has 5 aromatic rings. The topological polar surface area (TPSA) is 171 Å². The van der Waals surface area contributed by atoms with Crippen LogP contribution in [0.1, 0.15) is 98.5 Å². The number of phosphoric ester groups is 1. The molecule has 0 heterocycles. The molecule has 0 spiro atoms. The van der Waals surface area contributed by atoms with E-state index in [-0.39, 0.29) is 43.7 Å². The van der Waals surface area contributed by atoms with Crippen molar-refractivity contribution >= 4 is 48.8 Å². The highest BCUT2D eigenvalue weighted by Gasteiger charge is 2.32. The summed E-state index contributed by atoms with van der Waals surface area (Å²) in [6.45, 7) is 15.0. The number of nitrogens with zero attached hydrogens (tertiary/aromatic N) is 1. The highest BCUT2D eigenvalue weighted by molar-refractivity contribution is 7.48. The number of hydrogen-bond acceptors (Lipinski definition) is 11. The van der Waals surface area contributed by atoms with Crippen molar-refractivity contribution in [2.75, 3.05) is 35.4 Å². The van der Waals surface area contributed by atoms with Crippen LogP contribution in [0.25, 0.3) is 0 Å². The minimum Gasteiger partial charge on any atom is -0.428 e. The fraction of sp³-hybridized carbons (Fsp3) is 0.358. The summed E-state index contributed by atoms with van der Waals surface area (Å²) in [5.41, 5.74) is 6.49. The summed E-state index contributed by atoms with van der Waals surface area (Å²) >= 11 is 0. The molecule has 3 N–H and O–H groups in total. The van der Waals surface area contributed by atoms with Gasteiger partial charge in [0.1, 0.15) is 6.10 Å². The first-order chi connectivity index (χ1) is 32.6. The van der Waals surface area contributed by atoms with Crippen LogP contribution in [0.5, 0.6) is 0 Å². The largest absolute Gasteiger partial charge is 0.476 e. The van der Waals surface area contributed by atoms with E-state index in [2.05, 4.69) is 48.5 Å². The van der Waals surface area contributed by atoms with Crippen molar-refractivity contribution in [3.63, 3.8) is 0 Å². The van der Waals surface area contributed by atoms with Gasteiger partial charge in [-0.1, -0.05) is 131 Å². The number of amides is 3. The minimum absolute atomic E-state index is 0.0210. The Morgan fingerprint density at radius 2 is 1.26 bits per heavy atom. The summed E-state index contributed by atoms with van der Waals surface area (Å²) in [7, 11) is -4.20. The van der Waals surface area contributed by atoms with Crippen LogP contribution in [0, 0.1) is 18.8 Å². The first kappa shape index (κ1) is 52.7. The van der Waals surface area contributed by atoms with E-state index in [1.54, 1.807) is 12.1 Å². The molecule has 362 valence electrons. The molecule has 5 aromatic carbocycles. The number of ether oxygens (including phenoxy) is 2. The maximum absolute atomic E-state index is 13.7. The summed E-state index contributed by atoms with van der Waals surface area (Å²) in [6.07, 6.45) is -0.570. The summed E-state index contributed by atoms with van der Waals surface area (Å²) in [4.78, 5) is 54.7. The lowest BCUT2D eigenvalue weighted by Gasteiger charge is -2.31. The van der Waals surface area contributed by atoms with Crippen LogP contribution in [0.3, 0.4) is 0 Å². The molecule has 0 aliphatic heterocycles. The minimum atomic E-state index is -4.20. The van der Waals surface area contributed by atoms with Crippen LogP contribution in [-0.4, -0.2) is 49.9 Å². The Morgan fingerprint density at radius 1 is 0.676 bits per heavy atom. The van der Waals surface area contributed by atoms with Gasteiger partial charge in [0.2, 0.25) is 12.7 Å². The Labute approximate surface area is 400 Å². The van der Waals surface area contributed by atoms with Gasteiger partial charge in [-0.05, 0) is 96.7 Å². The van der Waals surface area contributed by atoms with Crippen LogP contribution in [0.15, 0.2) is 127 Å². The molecular weight excluding hydrogens is 884 g/mol. The number of aryl methyl sites for hydroxylation is 1. The van der Waals surface area contributed by atoms with Crippen molar-refractivity contribution in [2.45, 2.75) is 93.1 Å². The molecular formula is C53H65N4O10P. The van der Waals surface area contributed by atoms with E-state index in [9.17, 15) is 23.7 Å². The summed E-state index contributed by atoms with van der Waals surface area (Å²) in [5, 5.41) is 8.74. The van der Waals surface area contributed by atoms with Crippen LogP contribution in [0.4, 0.5) is 21.9 Å². The molecule has 0 aliphatic carbocycles. The number of carbonyl (C=O) groups is 4. The van der Waals surface area contributed by atoms with Gasteiger partial charge in [-0.25, -0.2) is 14.2 Å². The second-order valence-electron chi connectivity index (χ2n) is 17.4. The zero-order valence-corrected chi connectivity index (χ0v) is 41.0. The number of urea groups is 1. The monoisotopic (exact) mass is 948 g/mol. The fourth-order valence-corrected chi connectivity index (χ4v) is 8.43. The van der Waals surface area contributed by atoms with E-state index in [4.69, 9.17) is 23.0 Å². The van der Waals surface area contributed by atoms with Crippen molar-refractivity contribution < 1.29 is 46.8 Å². The summed E-state index contributed by atoms with van der Waals surface area (Å²) in [5.74, 6) is -1.31. The first-order valence-electron chi connectivity index (χ1n) is 23.0. The molecule has 0 saturated carbocycles. The molecule has 0 aliphatic rings. The Bertz CT molecular complexity index is 2380. The quantitative estimate of drug-likeness (QED) is 0.0289. The molecule has 0 bridgehead atoms. The van der Waals surface area contributed by atoms with E-state index in [1.807, 2.05) is 117 Å². The molecule has 0 unspecified atom stereocenters. The van der Waals surface area contributed by atoms with Gasteiger partial charge in [-0.15, -0.1) is 0 Å². The van der Waals surface area contributed by atoms with Crippen molar-refractivity contribution in [1.29, 1.82) is 0 Å². The van der Waals surface area contributed by atoms with Crippen LogP contribution in [0.2, 0.25) is 0 Å². The van der Waals surface area contributed by atoms with Crippen molar-refractivity contribution in [2.24, 2.45) is 11.8 Å². The van der Waals surface area contributed by atoms with E-state index in [0.29, 0.717) is 35.2 Å². The van der Waals surface area contributed by atoms with Crippen LogP contribution in [-0.2, 0) is 57.0 Å². The van der Waals surface area contributed by atoms with E-state index >= 15 is 0 Å². The molecule has 68 heavy (non-hydrogen) atoms. The molecule has 0 radical (unpaired) electrons. The van der Waals surface area contributed by atoms with Crippen molar-refractivity contribution in [3.8, 4) is 0 Å². The number of benzene rings is 5. The Hall–Kier alpha value is -6.31. The van der Waals surface area contributed by atoms with Gasteiger partial charge >= 0.3 is 25.8 Å². The number of carbonyl (C=O) groups excluding carboxylic acids is 4. The normalized spacial score (nSPS) is 12.2. The standard InChI is InChI=1S/C53H65N4O10P/c1-8-44(46-25-28-49(57(32-37(2)3)33-38(4)5)48(29-46)56-53(61)55-47-26-19-39(6)20-27-47)30-50(58)63-36-64-52(60)45-23-21-41(22-24-45)31-54-51(59)40(7)67-68(62,65-34-42-15-11-9-12-16-42)66-35-43-17-13-10-14-18-43/h9-29,37-38,40,44H,8,30-36H2,1-7H3,(H,54,59)(H2,55,56,61)/t40-,44-/m0/s1. The van der Waals surface area contributed by atoms with Crippen molar-refractivity contribution in [3.05, 3.63) is 161 Å². The zero-order valence-electron chi connectivity index (χ0n) is 40.1. The Morgan fingerprint density at radius 3 is 1.82 bits per heavy atom. The maximum Gasteiger partial charge on any atom is 0.476 e. The van der Waals surface area contributed by atoms with Gasteiger partial charge in [0, 0.05) is 25.3 Å². The summed E-state index contributed by atoms with van der Waals surface area (Å²) in [6, 6.07) is 37.7. The fourth-order valence-electron chi connectivity index (χ4n) is 7.13. The predicted molar refractivity (Wildman–Crippen MR) is 265 cm³/mol. The lowest BCUT2D eigenvalue weighted by Crippen LogP contribution is -2.33. The molecule has 0 saturated heterocycles. The third kappa shape index (κ3) is 17.4. The number of rotatable bonds is 25. The SMILES string of the molecule is CC[C@@H](CC(=O)OCOC(=O)c1ccc(CNC(=O)[C@H](C)OP(=O)(OCc2ccccc2)OCc2ccccc2)cc1)c1ccc(N(CC(C)C)CC(C)C)c(NC(=O)Nc2ccc(C)cc2)c1. The number of phosphoric acid groups is 1. The molecule has 3 amide bonds. The van der Waals surface area contributed by atoms with Gasteiger partial charge in [-0.3, -0.25) is 23.2 Å². The lowest BCUT2D eigenvalue weighted by molar-refractivity contribution is -0.152. The van der Waals surface area contributed by atoms with E-state index in [0.717, 1.165) is 41.0 Å². The third-order valence-electron chi connectivity index (χ3n) is 10.7. The van der Waals surface area contributed by atoms with Crippen LogP contribution < -0.4 is 20.9 Å². The predicted octanol–water partition coefficient (Wildman–Crippen LogP) is 11.6. The molecule has 14 nitrogen and oxygen atoms in total. The van der Waals surface area contributed by atoms with Gasteiger partial charge < -0.3 is 30.3 Å². The van der Waals surface area contributed by atoms with E-state index < -0.39 is 38.6 Å². The van der Waals surface area contributed by atoms with Crippen molar-refractivity contribution in [1.82, 2.24) is 5.32 Å². The van der Waals surface area contributed by atoms with E-state index in [1.165, 1.54) is 19.1 Å². The van der Waals surface area contributed by atoms with Gasteiger partial charge in [0.25, 0.3) is 0 Å². The number of nitrogens with one attached hydrogen (secondary N) is 3. The average molecular weight is 949 g/mol. The van der Waals surface area contributed by atoms with Gasteiger partial charge in [0.15, 0.2) is 0 Å². The molecule has 0 fully saturated rings. The Balaban J connectivity index is 1.12. The molecule has 2 atom stereocenters. The molecule has 5 rings (SSSR count). The third-order valence-corrected chi connectivity index (χ3v) is 12.1. The number of anilines is 3. The molecule has 15 heteroatoms. The maximum atomic E-state index is 13.7. The highest BCUT2D eigenvalue weighted by Crippen LogP contribution is 2.52. The zero-order chi connectivity index (χ0) is 49.1. The smallest absolute Gasteiger partial charge is 0.428 e. The number of esters is 2. The molecule has 0 aromatic heterocycles. The second kappa shape index (κ2) is 26.3. The first-order valence-corrected chi connectivity index (χ1v) is 24.4. The van der Waals surface area contributed by atoms with Gasteiger partial charge in [0.05, 0.1) is 36.6 Å². The second-order valence-corrected chi connectivity index (χ2v) is 19.0. The van der Waals surface area contributed by atoms with Gasteiger partial charge in [-0.2, -0.15) is 0 Å². The number of hydrogen-bond donors (Lipinski definition) is 3.